The van der Waals surface area contributed by atoms with Crippen molar-refractivity contribution in [3.63, 3.8) is 0 Å². The van der Waals surface area contributed by atoms with Gasteiger partial charge >= 0.3 is 0 Å². The molecule has 2 N–H and O–H groups in total. The van der Waals surface area contributed by atoms with Crippen LogP contribution in [0.4, 0.5) is 5.69 Å². The number of rotatable bonds is 5. The Labute approximate surface area is 144 Å². The number of nitrogens with one attached hydrogen (secondary N) is 2. The molecule has 0 atom stereocenters. The van der Waals surface area contributed by atoms with Crippen LogP contribution >= 0.6 is 0 Å². The quantitative estimate of drug-likeness (QED) is 0.574. The van der Waals surface area contributed by atoms with Crippen LogP contribution < -0.4 is 5.32 Å². The van der Waals surface area contributed by atoms with E-state index in [1.165, 1.54) is 0 Å². The van der Waals surface area contributed by atoms with E-state index < -0.39 is 0 Å². The molecule has 0 aliphatic rings. The molecule has 0 bridgehead atoms. The molecule has 0 unspecified atom stereocenters. The minimum Gasteiger partial charge on any atom is -0.460 e. The van der Waals surface area contributed by atoms with Crippen molar-refractivity contribution in [2.24, 2.45) is 0 Å². The lowest BCUT2D eigenvalue weighted by Gasteiger charge is -2.07. The fourth-order valence-electron chi connectivity index (χ4n) is 2.61. The Hall–Kier alpha value is -3.35. The normalized spacial score (nSPS) is 11.0. The Morgan fingerprint density at radius 1 is 1.16 bits per heavy atom. The van der Waals surface area contributed by atoms with Crippen molar-refractivity contribution < 1.29 is 8.94 Å². The van der Waals surface area contributed by atoms with Crippen LogP contribution in [0, 0.1) is 13.8 Å². The van der Waals surface area contributed by atoms with E-state index in [9.17, 15) is 0 Å². The van der Waals surface area contributed by atoms with Gasteiger partial charge in [0.05, 0.1) is 6.20 Å². The number of benzene rings is 1. The molecule has 4 aromatic rings. The molecule has 0 radical (unpaired) electrons. The van der Waals surface area contributed by atoms with Gasteiger partial charge in [-0.2, -0.15) is 10.1 Å². The number of aromatic nitrogens is 4. The first-order valence-electron chi connectivity index (χ1n) is 7.93. The molecule has 7 heteroatoms. The molecule has 126 valence electrons. The number of furan rings is 1. The predicted molar refractivity (Wildman–Crippen MR) is 92.8 cm³/mol. The Kier molecular flexibility index (Phi) is 3.81. The Bertz CT molecular complexity index is 998. The molecule has 4 rings (SSSR count). The van der Waals surface area contributed by atoms with Crippen LogP contribution in [-0.2, 0) is 6.54 Å². The first-order chi connectivity index (χ1) is 12.2. The zero-order chi connectivity index (χ0) is 17.2. The summed E-state index contributed by atoms with van der Waals surface area (Å²) in [6.07, 6.45) is 1.80. The summed E-state index contributed by atoms with van der Waals surface area (Å²) in [5.74, 6) is 2.77. The van der Waals surface area contributed by atoms with Crippen molar-refractivity contribution in [3.05, 3.63) is 59.8 Å². The second kappa shape index (κ2) is 6.27. The third kappa shape index (κ3) is 3.16. The molecular weight excluding hydrogens is 318 g/mol. The zero-order valence-electron chi connectivity index (χ0n) is 13.9. The van der Waals surface area contributed by atoms with E-state index in [0.717, 1.165) is 34.0 Å². The largest absolute Gasteiger partial charge is 0.460 e. The number of anilines is 1. The highest BCUT2D eigenvalue weighted by molar-refractivity contribution is 5.63. The minimum atomic E-state index is 0.546. The summed E-state index contributed by atoms with van der Waals surface area (Å²) in [4.78, 5) is 4.26. The third-order valence-corrected chi connectivity index (χ3v) is 3.84. The molecule has 25 heavy (non-hydrogen) atoms. The molecule has 0 saturated heterocycles. The van der Waals surface area contributed by atoms with Gasteiger partial charge in [0.1, 0.15) is 11.5 Å². The van der Waals surface area contributed by atoms with Crippen molar-refractivity contribution in [2.75, 3.05) is 5.32 Å². The summed E-state index contributed by atoms with van der Waals surface area (Å²) in [7, 11) is 0. The summed E-state index contributed by atoms with van der Waals surface area (Å²) in [5.41, 5.74) is 3.76. The Morgan fingerprint density at radius 3 is 2.84 bits per heavy atom. The second-order valence-corrected chi connectivity index (χ2v) is 5.75. The van der Waals surface area contributed by atoms with E-state index in [-0.39, 0.29) is 0 Å². The van der Waals surface area contributed by atoms with Gasteiger partial charge in [0.2, 0.25) is 11.7 Å². The molecule has 7 nitrogen and oxygen atoms in total. The fourth-order valence-corrected chi connectivity index (χ4v) is 2.61. The third-order valence-electron chi connectivity index (χ3n) is 3.84. The van der Waals surface area contributed by atoms with Crippen molar-refractivity contribution in [1.82, 2.24) is 20.3 Å². The maximum Gasteiger partial charge on any atom is 0.223 e. The number of aromatic amines is 1. The zero-order valence-corrected chi connectivity index (χ0v) is 13.9. The molecule has 3 heterocycles. The van der Waals surface area contributed by atoms with E-state index in [4.69, 9.17) is 8.94 Å². The van der Waals surface area contributed by atoms with E-state index in [2.05, 4.69) is 25.7 Å². The van der Waals surface area contributed by atoms with Crippen LogP contribution in [0.15, 0.2) is 51.5 Å². The van der Waals surface area contributed by atoms with Gasteiger partial charge in [-0.15, -0.1) is 0 Å². The maximum atomic E-state index is 5.67. The highest BCUT2D eigenvalue weighted by Crippen LogP contribution is 2.25. The SMILES string of the molecule is Cc1ccc(-c2[nH]ncc2CNc2cccc(-c3noc(C)n3)c2)o1. The summed E-state index contributed by atoms with van der Waals surface area (Å²) in [6, 6.07) is 11.8. The van der Waals surface area contributed by atoms with Crippen LogP contribution in [-0.4, -0.2) is 20.3 Å². The highest BCUT2D eigenvalue weighted by atomic mass is 16.5. The predicted octanol–water partition coefficient (Wildman–Crippen LogP) is 3.95. The number of hydrogen-bond acceptors (Lipinski definition) is 6. The van der Waals surface area contributed by atoms with Gasteiger partial charge in [-0.25, -0.2) is 0 Å². The van der Waals surface area contributed by atoms with Gasteiger partial charge in [0.25, 0.3) is 0 Å². The Balaban J connectivity index is 1.52. The average molecular weight is 335 g/mol. The monoisotopic (exact) mass is 335 g/mol. The summed E-state index contributed by atoms with van der Waals surface area (Å²) in [6.45, 7) is 4.30. The van der Waals surface area contributed by atoms with Crippen LogP contribution in [0.1, 0.15) is 17.2 Å². The van der Waals surface area contributed by atoms with Crippen molar-refractivity contribution in [1.29, 1.82) is 0 Å². The van der Waals surface area contributed by atoms with Gasteiger partial charge in [-0.3, -0.25) is 5.10 Å². The second-order valence-electron chi connectivity index (χ2n) is 5.75. The molecule has 0 aliphatic carbocycles. The summed E-state index contributed by atoms with van der Waals surface area (Å²) >= 11 is 0. The lowest BCUT2D eigenvalue weighted by molar-refractivity contribution is 0.394. The molecule has 3 aromatic heterocycles. The van der Waals surface area contributed by atoms with Crippen molar-refractivity contribution in [2.45, 2.75) is 20.4 Å². The van der Waals surface area contributed by atoms with Crippen LogP contribution in [0.5, 0.6) is 0 Å². The number of nitrogens with zero attached hydrogens (tertiary/aromatic N) is 3. The van der Waals surface area contributed by atoms with Gasteiger partial charge in [-0.1, -0.05) is 17.3 Å². The molecule has 0 saturated carbocycles. The van der Waals surface area contributed by atoms with E-state index in [1.54, 1.807) is 13.1 Å². The van der Waals surface area contributed by atoms with Crippen LogP contribution in [0.25, 0.3) is 22.8 Å². The molecule has 1 aromatic carbocycles. The van der Waals surface area contributed by atoms with Crippen molar-refractivity contribution in [3.8, 4) is 22.8 Å². The van der Waals surface area contributed by atoms with Crippen LogP contribution in [0.2, 0.25) is 0 Å². The summed E-state index contributed by atoms with van der Waals surface area (Å²) in [5, 5.41) is 14.5. The van der Waals surface area contributed by atoms with E-state index in [1.807, 2.05) is 43.3 Å². The lowest BCUT2D eigenvalue weighted by Crippen LogP contribution is -2.00. The van der Waals surface area contributed by atoms with Gasteiger partial charge < -0.3 is 14.3 Å². The first kappa shape index (κ1) is 15.2. The standard InChI is InChI=1S/C18H17N5O2/c1-11-6-7-16(24-11)17-14(10-20-22-17)9-19-15-5-3-4-13(8-15)18-21-12(2)25-23-18/h3-8,10,19H,9H2,1-2H3,(H,20,22). The smallest absolute Gasteiger partial charge is 0.223 e. The maximum absolute atomic E-state index is 5.67. The van der Waals surface area contributed by atoms with Gasteiger partial charge in [0.15, 0.2) is 5.76 Å². The molecule has 0 amide bonds. The van der Waals surface area contributed by atoms with Crippen molar-refractivity contribution >= 4 is 5.69 Å². The number of aryl methyl sites for hydroxylation is 2. The lowest BCUT2D eigenvalue weighted by atomic mass is 10.1. The minimum absolute atomic E-state index is 0.546. The van der Waals surface area contributed by atoms with Gasteiger partial charge in [0, 0.05) is 30.3 Å². The highest BCUT2D eigenvalue weighted by Gasteiger charge is 2.11. The number of H-pyrrole nitrogens is 1. The number of hydrogen-bond donors (Lipinski definition) is 2. The van der Waals surface area contributed by atoms with E-state index in [0.29, 0.717) is 18.3 Å². The first-order valence-corrected chi connectivity index (χ1v) is 7.93. The Morgan fingerprint density at radius 2 is 2.08 bits per heavy atom. The van der Waals surface area contributed by atoms with Gasteiger partial charge in [-0.05, 0) is 31.2 Å². The summed E-state index contributed by atoms with van der Waals surface area (Å²) < 4.78 is 10.7. The van der Waals surface area contributed by atoms with Crippen LogP contribution in [0.3, 0.4) is 0 Å². The molecule has 0 fully saturated rings. The average Bonchev–Trinajstić information content (AvgIpc) is 3.34. The van der Waals surface area contributed by atoms with E-state index >= 15 is 0 Å². The topological polar surface area (TPSA) is 92.8 Å². The molecule has 0 aliphatic heterocycles. The molecular formula is C18H17N5O2. The molecule has 0 spiro atoms. The fraction of sp³-hybridized carbons (Fsp3) is 0.167.